The van der Waals surface area contributed by atoms with Crippen molar-refractivity contribution in [3.05, 3.63) is 0 Å². The molecular formula is C6H13F3N2. The van der Waals surface area contributed by atoms with E-state index < -0.39 is 12.1 Å². The van der Waals surface area contributed by atoms with Crippen molar-refractivity contribution in [1.29, 1.82) is 0 Å². The zero-order valence-corrected chi connectivity index (χ0v) is 6.65. The maximum atomic E-state index is 12.0. The van der Waals surface area contributed by atoms with Crippen molar-refractivity contribution >= 4 is 0 Å². The van der Waals surface area contributed by atoms with Crippen LogP contribution in [0.2, 0.25) is 0 Å². The van der Waals surface area contributed by atoms with Crippen LogP contribution in [0.4, 0.5) is 13.2 Å². The summed E-state index contributed by atoms with van der Waals surface area (Å²) in [5.74, 6) is -1.41. The van der Waals surface area contributed by atoms with Crippen LogP contribution >= 0.6 is 0 Å². The Morgan fingerprint density at radius 3 is 1.91 bits per heavy atom. The van der Waals surface area contributed by atoms with Crippen molar-refractivity contribution < 1.29 is 13.2 Å². The van der Waals surface area contributed by atoms with Crippen LogP contribution in [0, 0.1) is 5.92 Å². The van der Waals surface area contributed by atoms with Crippen LogP contribution in [0.3, 0.4) is 0 Å². The fourth-order valence-electron chi connectivity index (χ4n) is 0.752. The van der Waals surface area contributed by atoms with Gasteiger partial charge in [0.25, 0.3) is 0 Å². The Labute approximate surface area is 64.2 Å². The number of alkyl halides is 3. The minimum absolute atomic E-state index is 0.0417. The van der Waals surface area contributed by atoms with E-state index in [1.165, 1.54) is 4.90 Å². The first-order valence-electron chi connectivity index (χ1n) is 3.29. The molecule has 5 heteroatoms. The molecule has 0 radical (unpaired) electrons. The number of rotatable bonds is 3. The molecule has 2 N–H and O–H groups in total. The smallest absolute Gasteiger partial charge is 0.330 e. The molecule has 0 saturated heterocycles. The first-order chi connectivity index (χ1) is 4.88. The van der Waals surface area contributed by atoms with E-state index in [-0.39, 0.29) is 13.1 Å². The molecule has 11 heavy (non-hydrogen) atoms. The van der Waals surface area contributed by atoms with Crippen LogP contribution in [0.5, 0.6) is 0 Å². The van der Waals surface area contributed by atoms with Crippen molar-refractivity contribution in [1.82, 2.24) is 4.90 Å². The SMILES string of the molecule is CN(C)CC(CN)C(F)(F)F. The Morgan fingerprint density at radius 2 is 1.82 bits per heavy atom. The lowest BCUT2D eigenvalue weighted by molar-refractivity contribution is -0.174. The number of hydrogen-bond acceptors (Lipinski definition) is 2. The fourth-order valence-corrected chi connectivity index (χ4v) is 0.752. The Balaban J connectivity index is 3.96. The number of hydrogen-bond donors (Lipinski definition) is 1. The average Bonchev–Trinajstić information content (AvgIpc) is 1.79. The van der Waals surface area contributed by atoms with Crippen molar-refractivity contribution in [2.24, 2.45) is 11.7 Å². The summed E-state index contributed by atoms with van der Waals surface area (Å²) in [6.45, 7) is -0.387. The van der Waals surface area contributed by atoms with Gasteiger partial charge >= 0.3 is 6.18 Å². The van der Waals surface area contributed by atoms with Crippen LogP contribution in [0.15, 0.2) is 0 Å². The summed E-state index contributed by atoms with van der Waals surface area (Å²) in [6, 6.07) is 0. The molecule has 0 saturated carbocycles. The summed E-state index contributed by atoms with van der Waals surface area (Å²) < 4.78 is 35.9. The third-order valence-corrected chi connectivity index (χ3v) is 1.33. The van der Waals surface area contributed by atoms with Gasteiger partial charge < -0.3 is 10.6 Å². The molecule has 68 valence electrons. The highest BCUT2D eigenvalue weighted by molar-refractivity contribution is 4.70. The lowest BCUT2D eigenvalue weighted by atomic mass is 10.1. The summed E-state index contributed by atoms with van der Waals surface area (Å²) in [4.78, 5) is 1.48. The third kappa shape index (κ3) is 4.21. The van der Waals surface area contributed by atoms with Crippen molar-refractivity contribution in [3.8, 4) is 0 Å². The molecule has 0 heterocycles. The molecule has 0 aromatic carbocycles. The van der Waals surface area contributed by atoms with Gasteiger partial charge in [0, 0.05) is 13.1 Å². The van der Waals surface area contributed by atoms with Gasteiger partial charge in [-0.05, 0) is 14.1 Å². The minimum atomic E-state index is -4.17. The maximum Gasteiger partial charge on any atom is 0.394 e. The summed E-state index contributed by atoms with van der Waals surface area (Å²) in [5.41, 5.74) is 4.96. The Hall–Kier alpha value is -0.290. The second-order valence-electron chi connectivity index (χ2n) is 2.74. The fraction of sp³-hybridized carbons (Fsp3) is 1.00. The zero-order valence-electron chi connectivity index (χ0n) is 6.65. The van der Waals surface area contributed by atoms with E-state index in [1.54, 1.807) is 14.1 Å². The molecule has 1 unspecified atom stereocenters. The molecule has 2 nitrogen and oxygen atoms in total. The molecule has 0 rings (SSSR count). The van der Waals surface area contributed by atoms with Gasteiger partial charge in [0.15, 0.2) is 0 Å². The van der Waals surface area contributed by atoms with Crippen molar-refractivity contribution in [3.63, 3.8) is 0 Å². The molecule has 0 bridgehead atoms. The quantitative estimate of drug-likeness (QED) is 0.675. The number of nitrogens with zero attached hydrogens (tertiary/aromatic N) is 1. The van der Waals surface area contributed by atoms with E-state index in [1.807, 2.05) is 0 Å². The van der Waals surface area contributed by atoms with E-state index >= 15 is 0 Å². The van der Waals surface area contributed by atoms with E-state index in [0.29, 0.717) is 0 Å². The first-order valence-corrected chi connectivity index (χ1v) is 3.29. The number of nitrogens with two attached hydrogens (primary N) is 1. The van der Waals surface area contributed by atoms with Gasteiger partial charge in [0.2, 0.25) is 0 Å². The van der Waals surface area contributed by atoms with Crippen LogP contribution in [0.1, 0.15) is 0 Å². The van der Waals surface area contributed by atoms with E-state index in [0.717, 1.165) is 0 Å². The van der Waals surface area contributed by atoms with Gasteiger partial charge in [-0.25, -0.2) is 0 Å². The van der Waals surface area contributed by atoms with E-state index in [2.05, 4.69) is 0 Å². The molecule has 0 aromatic rings. The zero-order chi connectivity index (χ0) is 9.07. The second kappa shape index (κ2) is 3.92. The summed E-state index contributed by atoms with van der Waals surface area (Å²) in [7, 11) is 3.18. The normalized spacial score (nSPS) is 15.5. The van der Waals surface area contributed by atoms with Gasteiger partial charge in [-0.3, -0.25) is 0 Å². The molecule has 0 aliphatic carbocycles. The summed E-state index contributed by atoms with van der Waals surface area (Å²) in [5, 5.41) is 0. The molecule has 0 aliphatic heterocycles. The van der Waals surface area contributed by atoms with Gasteiger partial charge in [-0.1, -0.05) is 0 Å². The Bertz CT molecular complexity index is 111. The van der Waals surface area contributed by atoms with E-state index in [9.17, 15) is 13.2 Å². The number of halogens is 3. The lowest BCUT2D eigenvalue weighted by Gasteiger charge is -2.21. The second-order valence-corrected chi connectivity index (χ2v) is 2.74. The summed E-state index contributed by atoms with van der Waals surface area (Å²) >= 11 is 0. The van der Waals surface area contributed by atoms with Crippen LogP contribution in [0.25, 0.3) is 0 Å². The molecule has 0 fully saturated rings. The molecular weight excluding hydrogens is 157 g/mol. The average molecular weight is 170 g/mol. The molecule has 0 spiro atoms. The highest BCUT2D eigenvalue weighted by Gasteiger charge is 2.38. The highest BCUT2D eigenvalue weighted by Crippen LogP contribution is 2.25. The van der Waals surface area contributed by atoms with Gasteiger partial charge in [-0.2, -0.15) is 13.2 Å². The Morgan fingerprint density at radius 1 is 1.36 bits per heavy atom. The van der Waals surface area contributed by atoms with Crippen LogP contribution < -0.4 is 5.73 Å². The molecule has 0 aromatic heterocycles. The standard InChI is InChI=1S/C6H13F3N2/c1-11(2)4-5(3-10)6(7,8)9/h5H,3-4,10H2,1-2H3. The lowest BCUT2D eigenvalue weighted by Crippen LogP contribution is -2.38. The van der Waals surface area contributed by atoms with Crippen LogP contribution in [-0.2, 0) is 0 Å². The maximum absolute atomic E-state index is 12.0. The monoisotopic (exact) mass is 170 g/mol. The van der Waals surface area contributed by atoms with Crippen LogP contribution in [-0.4, -0.2) is 38.3 Å². The van der Waals surface area contributed by atoms with Gasteiger partial charge in [-0.15, -0.1) is 0 Å². The molecule has 1 atom stereocenters. The minimum Gasteiger partial charge on any atom is -0.330 e. The predicted molar refractivity (Wildman–Crippen MR) is 37.2 cm³/mol. The Kier molecular flexibility index (Phi) is 3.82. The van der Waals surface area contributed by atoms with Gasteiger partial charge in [0.05, 0.1) is 5.92 Å². The van der Waals surface area contributed by atoms with E-state index in [4.69, 9.17) is 5.73 Å². The molecule has 0 aliphatic rings. The first kappa shape index (κ1) is 10.7. The third-order valence-electron chi connectivity index (χ3n) is 1.33. The highest BCUT2D eigenvalue weighted by atomic mass is 19.4. The molecule has 0 amide bonds. The summed E-state index contributed by atoms with van der Waals surface area (Å²) in [6.07, 6.45) is -4.17. The topological polar surface area (TPSA) is 29.3 Å². The van der Waals surface area contributed by atoms with Crippen molar-refractivity contribution in [2.45, 2.75) is 6.18 Å². The van der Waals surface area contributed by atoms with Crippen molar-refractivity contribution in [2.75, 3.05) is 27.2 Å². The predicted octanol–water partition coefficient (Wildman–Crippen LogP) is 0.685. The van der Waals surface area contributed by atoms with Gasteiger partial charge in [0.1, 0.15) is 0 Å². The largest absolute Gasteiger partial charge is 0.394 e.